The van der Waals surface area contributed by atoms with Crippen molar-refractivity contribution < 1.29 is 23.6 Å². The summed E-state index contributed by atoms with van der Waals surface area (Å²) in [4.78, 5) is 52.9. The molecule has 178 valence electrons. The third-order valence-electron chi connectivity index (χ3n) is 6.83. The third kappa shape index (κ3) is 4.85. The molecule has 2 N–H and O–H groups in total. The highest BCUT2D eigenvalue weighted by Crippen LogP contribution is 2.33. The molecule has 10 heteroatoms. The second-order valence-corrected chi connectivity index (χ2v) is 9.05. The van der Waals surface area contributed by atoms with Gasteiger partial charge in [0.1, 0.15) is 11.4 Å². The lowest BCUT2D eigenvalue weighted by atomic mass is 9.82. The Morgan fingerprint density at radius 1 is 1.09 bits per heavy atom. The molecule has 1 saturated carbocycles. The van der Waals surface area contributed by atoms with Crippen molar-refractivity contribution >= 4 is 29.3 Å². The van der Waals surface area contributed by atoms with Crippen LogP contribution in [0.25, 0.3) is 0 Å². The number of halogens is 1. The van der Waals surface area contributed by atoms with E-state index in [4.69, 9.17) is 0 Å². The number of piperazine rings is 1. The van der Waals surface area contributed by atoms with E-state index >= 15 is 0 Å². The molecule has 1 aromatic rings. The number of rotatable bonds is 6. The molecule has 1 aromatic carbocycles. The number of ketones is 1. The number of imide groups is 1. The summed E-state index contributed by atoms with van der Waals surface area (Å²) in [5.41, 5.74) is 2.41. The average Bonchev–Trinajstić information content (AvgIpc) is 3.02. The van der Waals surface area contributed by atoms with E-state index in [9.17, 15) is 23.6 Å². The zero-order valence-electron chi connectivity index (χ0n) is 18.9. The van der Waals surface area contributed by atoms with E-state index in [0.717, 1.165) is 24.3 Å². The molecule has 4 rings (SSSR count). The number of hydrazine groups is 1. The summed E-state index contributed by atoms with van der Waals surface area (Å²) < 4.78 is 14.4. The fourth-order valence-electron chi connectivity index (χ4n) is 4.85. The molecule has 2 heterocycles. The largest absolute Gasteiger partial charge is 0.367 e. The fourth-order valence-corrected chi connectivity index (χ4v) is 4.85. The van der Waals surface area contributed by atoms with Crippen LogP contribution in [0.2, 0.25) is 0 Å². The van der Waals surface area contributed by atoms with Crippen LogP contribution in [0.3, 0.4) is 0 Å². The van der Waals surface area contributed by atoms with Crippen molar-refractivity contribution in [3.8, 4) is 0 Å². The van der Waals surface area contributed by atoms with E-state index in [1.807, 2.05) is 4.90 Å². The summed E-state index contributed by atoms with van der Waals surface area (Å²) in [6, 6.07) is 3.96. The lowest BCUT2D eigenvalue weighted by Crippen LogP contribution is -2.51. The predicted octanol–water partition coefficient (Wildman–Crippen LogP) is 1.83. The number of nitrogens with one attached hydrogen (secondary N) is 2. The van der Waals surface area contributed by atoms with E-state index in [2.05, 4.69) is 15.6 Å². The van der Waals surface area contributed by atoms with E-state index in [-0.39, 0.29) is 24.0 Å². The summed E-state index contributed by atoms with van der Waals surface area (Å²) in [6.07, 6.45) is 4.15. The Morgan fingerprint density at radius 3 is 2.42 bits per heavy atom. The van der Waals surface area contributed by atoms with Gasteiger partial charge in [-0.1, -0.05) is 19.3 Å². The molecule has 0 radical (unpaired) electrons. The second-order valence-electron chi connectivity index (χ2n) is 9.05. The first kappa shape index (κ1) is 23.2. The SMILES string of the molecule is CC(=O)c1ccc(N2CCN(CCC(=O)NN3C(=O)NC4(CCCCC4)C3=O)CC2)c(F)c1. The predicted molar refractivity (Wildman–Crippen MR) is 119 cm³/mol. The van der Waals surface area contributed by atoms with Crippen molar-refractivity contribution in [3.63, 3.8) is 0 Å². The molecular formula is C23H30FN5O4. The Labute approximate surface area is 192 Å². The van der Waals surface area contributed by atoms with Gasteiger partial charge in [-0.2, -0.15) is 5.01 Å². The van der Waals surface area contributed by atoms with E-state index < -0.39 is 17.4 Å². The van der Waals surface area contributed by atoms with Gasteiger partial charge in [0.2, 0.25) is 5.91 Å². The van der Waals surface area contributed by atoms with E-state index in [1.165, 1.54) is 13.0 Å². The van der Waals surface area contributed by atoms with Gasteiger partial charge in [-0.3, -0.25) is 24.7 Å². The van der Waals surface area contributed by atoms with Crippen LogP contribution in [0.5, 0.6) is 0 Å². The Morgan fingerprint density at radius 2 is 1.79 bits per heavy atom. The standard InChI is InChI=1S/C23H30FN5O4/c1-16(30)17-5-6-19(18(24)15-17)28-13-11-27(12-14-28)10-7-20(31)26-29-21(32)23(25-22(29)33)8-3-2-4-9-23/h5-6,15H,2-4,7-14H2,1H3,(H,25,33)(H,26,31). The molecule has 33 heavy (non-hydrogen) atoms. The smallest absolute Gasteiger partial charge is 0.344 e. The number of Topliss-reactive ketones (excluding diaryl/α,β-unsaturated/α-hetero) is 1. The molecule has 0 unspecified atom stereocenters. The first-order valence-electron chi connectivity index (χ1n) is 11.5. The number of carbonyl (C=O) groups excluding carboxylic acids is 4. The number of urea groups is 1. The van der Waals surface area contributed by atoms with Crippen LogP contribution in [0.15, 0.2) is 18.2 Å². The first-order chi connectivity index (χ1) is 15.8. The number of benzene rings is 1. The number of hydrogen-bond donors (Lipinski definition) is 2. The molecule has 4 amide bonds. The van der Waals surface area contributed by atoms with Crippen molar-refractivity contribution in [2.45, 2.75) is 51.0 Å². The molecular weight excluding hydrogens is 429 g/mol. The van der Waals surface area contributed by atoms with Gasteiger partial charge >= 0.3 is 6.03 Å². The summed E-state index contributed by atoms with van der Waals surface area (Å²) in [7, 11) is 0. The quantitative estimate of drug-likeness (QED) is 0.497. The van der Waals surface area contributed by atoms with Crippen LogP contribution in [0.1, 0.15) is 55.8 Å². The van der Waals surface area contributed by atoms with Gasteiger partial charge in [-0.05, 0) is 38.0 Å². The summed E-state index contributed by atoms with van der Waals surface area (Å²) in [5.74, 6) is -1.35. The Bertz CT molecular complexity index is 954. The lowest BCUT2D eigenvalue weighted by molar-refractivity contribution is -0.140. The molecule has 2 saturated heterocycles. The first-order valence-corrected chi connectivity index (χ1v) is 11.5. The number of hydrogen-bond acceptors (Lipinski definition) is 6. The third-order valence-corrected chi connectivity index (χ3v) is 6.83. The van der Waals surface area contributed by atoms with Gasteiger partial charge in [0.05, 0.1) is 5.69 Å². The summed E-state index contributed by atoms with van der Waals surface area (Å²) in [5, 5.41) is 3.60. The molecule has 9 nitrogen and oxygen atoms in total. The summed E-state index contributed by atoms with van der Waals surface area (Å²) in [6.45, 7) is 4.35. The molecule has 3 aliphatic rings. The van der Waals surface area contributed by atoms with Crippen molar-refractivity contribution in [1.29, 1.82) is 0 Å². The topological polar surface area (TPSA) is 102 Å². The fraction of sp³-hybridized carbons (Fsp3) is 0.565. The maximum Gasteiger partial charge on any atom is 0.344 e. The zero-order chi connectivity index (χ0) is 23.6. The minimum Gasteiger partial charge on any atom is -0.367 e. The van der Waals surface area contributed by atoms with Gasteiger partial charge in [0.15, 0.2) is 5.78 Å². The minimum absolute atomic E-state index is 0.145. The van der Waals surface area contributed by atoms with E-state index in [1.54, 1.807) is 12.1 Å². The zero-order valence-corrected chi connectivity index (χ0v) is 18.9. The van der Waals surface area contributed by atoms with Crippen LogP contribution >= 0.6 is 0 Å². The maximum atomic E-state index is 14.4. The normalized spacial score (nSPS) is 20.8. The molecule has 0 bridgehead atoms. The monoisotopic (exact) mass is 459 g/mol. The number of nitrogens with zero attached hydrogens (tertiary/aromatic N) is 3. The van der Waals surface area contributed by atoms with Gasteiger partial charge in [-0.25, -0.2) is 9.18 Å². The van der Waals surface area contributed by atoms with Crippen molar-refractivity contribution in [2.24, 2.45) is 0 Å². The van der Waals surface area contributed by atoms with E-state index in [0.29, 0.717) is 56.8 Å². The van der Waals surface area contributed by atoms with Crippen molar-refractivity contribution in [3.05, 3.63) is 29.6 Å². The molecule has 0 aromatic heterocycles. The van der Waals surface area contributed by atoms with Gasteiger partial charge in [0.25, 0.3) is 5.91 Å². The van der Waals surface area contributed by atoms with Crippen LogP contribution in [-0.2, 0) is 9.59 Å². The average molecular weight is 460 g/mol. The highest BCUT2D eigenvalue weighted by molar-refractivity contribution is 6.08. The Hall–Kier alpha value is -3.01. The second kappa shape index (κ2) is 9.46. The molecule has 0 atom stereocenters. The lowest BCUT2D eigenvalue weighted by Gasteiger charge is -2.36. The summed E-state index contributed by atoms with van der Waals surface area (Å²) >= 11 is 0. The molecule has 1 spiro atoms. The van der Waals surface area contributed by atoms with Gasteiger partial charge in [-0.15, -0.1) is 0 Å². The maximum absolute atomic E-state index is 14.4. The van der Waals surface area contributed by atoms with Crippen LogP contribution < -0.4 is 15.6 Å². The molecule has 2 aliphatic heterocycles. The van der Waals surface area contributed by atoms with Crippen molar-refractivity contribution in [1.82, 2.24) is 20.7 Å². The number of carbonyl (C=O) groups is 4. The number of anilines is 1. The minimum atomic E-state index is -0.864. The van der Waals surface area contributed by atoms with Gasteiger partial charge in [0, 0.05) is 44.7 Å². The Balaban J connectivity index is 1.24. The molecule has 3 fully saturated rings. The highest BCUT2D eigenvalue weighted by Gasteiger charge is 2.52. The van der Waals surface area contributed by atoms with Crippen LogP contribution in [0.4, 0.5) is 14.9 Å². The van der Waals surface area contributed by atoms with Gasteiger partial charge < -0.3 is 10.2 Å². The Kier molecular flexibility index (Phi) is 6.64. The van der Waals surface area contributed by atoms with Crippen molar-refractivity contribution in [2.75, 3.05) is 37.6 Å². The van der Waals surface area contributed by atoms with Crippen LogP contribution in [-0.4, -0.2) is 71.8 Å². The highest BCUT2D eigenvalue weighted by atomic mass is 19.1. The van der Waals surface area contributed by atoms with Crippen LogP contribution in [0, 0.1) is 5.82 Å². The molecule has 1 aliphatic carbocycles. The number of amides is 4.